The highest BCUT2D eigenvalue weighted by Gasteiger charge is 2.46. The topological polar surface area (TPSA) is 66.8 Å². The Morgan fingerprint density at radius 1 is 1.09 bits per heavy atom. The minimum Gasteiger partial charge on any atom is -0.507 e. The molecule has 1 N–H and O–H groups in total. The zero-order valence-electron chi connectivity index (χ0n) is 18.9. The summed E-state index contributed by atoms with van der Waals surface area (Å²) in [4.78, 5) is 27.2. The van der Waals surface area contributed by atoms with E-state index >= 15 is 0 Å². The molecule has 0 aliphatic carbocycles. The number of nitrogens with zero attached hydrogens (tertiary/aromatic N) is 1. The first-order chi connectivity index (χ1) is 15.4. The summed E-state index contributed by atoms with van der Waals surface area (Å²) in [5.41, 5.74) is 1.30. The van der Waals surface area contributed by atoms with Gasteiger partial charge < -0.3 is 14.7 Å². The number of hydrogen-bond acceptors (Lipinski definition) is 4. The Morgan fingerprint density at radius 2 is 1.84 bits per heavy atom. The van der Waals surface area contributed by atoms with Crippen molar-refractivity contribution in [1.29, 1.82) is 0 Å². The number of carbonyl (C=O) groups excluding carboxylic acids is 2. The zero-order valence-corrected chi connectivity index (χ0v) is 18.9. The van der Waals surface area contributed by atoms with Crippen LogP contribution in [-0.2, 0) is 9.59 Å². The number of ketones is 1. The number of rotatable bonds is 9. The van der Waals surface area contributed by atoms with E-state index in [2.05, 4.69) is 0 Å². The number of halogens is 1. The zero-order chi connectivity index (χ0) is 23.3. The molecule has 6 heteroatoms. The minimum atomic E-state index is -0.968. The largest absolute Gasteiger partial charge is 0.507 e. The molecule has 170 valence electrons. The SMILES string of the molecule is CCCCCN1C(=O)C(=O)/C(=C(/O)c2ccc(OCCC)c(C)c2)C1c1ccccc1F. The number of unbranched alkanes of at least 4 members (excludes halogenated alkanes) is 2. The Bertz CT molecular complexity index is 1030. The lowest BCUT2D eigenvalue weighted by molar-refractivity contribution is -0.139. The average molecular weight is 440 g/mol. The summed E-state index contributed by atoms with van der Waals surface area (Å²) < 4.78 is 20.4. The number of amides is 1. The number of hydrogen-bond donors (Lipinski definition) is 1. The van der Waals surface area contributed by atoms with Crippen molar-refractivity contribution in [2.75, 3.05) is 13.2 Å². The van der Waals surface area contributed by atoms with Gasteiger partial charge in [0.1, 0.15) is 17.3 Å². The van der Waals surface area contributed by atoms with Gasteiger partial charge in [-0.1, -0.05) is 44.9 Å². The highest BCUT2D eigenvalue weighted by molar-refractivity contribution is 6.46. The lowest BCUT2D eigenvalue weighted by Crippen LogP contribution is -2.31. The van der Waals surface area contributed by atoms with Crippen LogP contribution in [-0.4, -0.2) is 34.8 Å². The van der Waals surface area contributed by atoms with Crippen molar-refractivity contribution in [1.82, 2.24) is 4.90 Å². The van der Waals surface area contributed by atoms with Crippen LogP contribution in [0.2, 0.25) is 0 Å². The number of ether oxygens (including phenoxy) is 1. The van der Waals surface area contributed by atoms with Crippen molar-refractivity contribution in [3.63, 3.8) is 0 Å². The van der Waals surface area contributed by atoms with E-state index < -0.39 is 23.5 Å². The van der Waals surface area contributed by atoms with Crippen LogP contribution in [0.15, 0.2) is 48.0 Å². The first-order valence-electron chi connectivity index (χ1n) is 11.2. The lowest BCUT2D eigenvalue weighted by Gasteiger charge is -2.25. The summed E-state index contributed by atoms with van der Waals surface area (Å²) >= 11 is 0. The monoisotopic (exact) mass is 439 g/mol. The smallest absolute Gasteiger partial charge is 0.295 e. The van der Waals surface area contributed by atoms with Gasteiger partial charge in [0.15, 0.2) is 0 Å². The lowest BCUT2D eigenvalue weighted by atomic mass is 9.94. The molecule has 0 radical (unpaired) electrons. The second-order valence-corrected chi connectivity index (χ2v) is 8.05. The number of aliphatic hydroxyl groups excluding tert-OH is 1. The van der Waals surface area contributed by atoms with Crippen LogP contribution in [0.25, 0.3) is 5.76 Å². The fraction of sp³-hybridized carbons (Fsp3) is 0.385. The molecule has 1 fully saturated rings. The van der Waals surface area contributed by atoms with Crippen LogP contribution < -0.4 is 4.74 Å². The van der Waals surface area contributed by atoms with E-state index in [1.807, 2.05) is 20.8 Å². The van der Waals surface area contributed by atoms with Gasteiger partial charge in [0.25, 0.3) is 11.7 Å². The molecule has 2 aromatic rings. The molecule has 5 nitrogen and oxygen atoms in total. The Balaban J connectivity index is 2.09. The number of likely N-dealkylation sites (tertiary alicyclic amines) is 1. The van der Waals surface area contributed by atoms with Crippen LogP contribution >= 0.6 is 0 Å². The van der Waals surface area contributed by atoms with Crippen LogP contribution in [0.5, 0.6) is 5.75 Å². The predicted octanol–water partition coefficient (Wildman–Crippen LogP) is 5.53. The molecular formula is C26H30FNO4. The quantitative estimate of drug-likeness (QED) is 0.241. The second-order valence-electron chi connectivity index (χ2n) is 8.05. The maximum atomic E-state index is 14.8. The fourth-order valence-corrected chi connectivity index (χ4v) is 3.99. The van der Waals surface area contributed by atoms with Gasteiger partial charge >= 0.3 is 0 Å². The Labute approximate surface area is 188 Å². The normalized spacial score (nSPS) is 17.8. The third kappa shape index (κ3) is 4.69. The average Bonchev–Trinajstić information content (AvgIpc) is 3.03. The predicted molar refractivity (Wildman–Crippen MR) is 122 cm³/mol. The maximum Gasteiger partial charge on any atom is 0.295 e. The third-order valence-corrected chi connectivity index (χ3v) is 5.65. The van der Waals surface area contributed by atoms with Gasteiger partial charge in [0.2, 0.25) is 0 Å². The molecule has 0 spiro atoms. The Morgan fingerprint density at radius 3 is 2.50 bits per heavy atom. The molecule has 1 heterocycles. The van der Waals surface area contributed by atoms with E-state index in [1.54, 1.807) is 36.4 Å². The molecule has 0 aromatic heterocycles. The molecule has 1 aliphatic rings. The fourth-order valence-electron chi connectivity index (χ4n) is 3.99. The second kappa shape index (κ2) is 10.4. The van der Waals surface area contributed by atoms with Crippen molar-refractivity contribution < 1.29 is 23.8 Å². The van der Waals surface area contributed by atoms with E-state index in [1.165, 1.54) is 11.0 Å². The van der Waals surface area contributed by atoms with Gasteiger partial charge in [-0.2, -0.15) is 0 Å². The van der Waals surface area contributed by atoms with Crippen molar-refractivity contribution in [2.24, 2.45) is 0 Å². The van der Waals surface area contributed by atoms with Crippen LogP contribution in [0, 0.1) is 12.7 Å². The molecular weight excluding hydrogens is 409 g/mol. The Hall–Kier alpha value is -3.15. The van der Waals surface area contributed by atoms with Crippen molar-refractivity contribution >= 4 is 17.4 Å². The number of aliphatic hydroxyl groups is 1. The summed E-state index contributed by atoms with van der Waals surface area (Å²) in [6.07, 6.45) is 3.38. The maximum absolute atomic E-state index is 14.8. The van der Waals surface area contributed by atoms with Crippen molar-refractivity contribution in [2.45, 2.75) is 52.5 Å². The molecule has 1 unspecified atom stereocenters. The van der Waals surface area contributed by atoms with Crippen molar-refractivity contribution in [3.8, 4) is 5.75 Å². The molecule has 1 aliphatic heterocycles. The van der Waals surface area contributed by atoms with E-state index in [0.29, 0.717) is 30.9 Å². The van der Waals surface area contributed by atoms with Crippen LogP contribution in [0.1, 0.15) is 62.3 Å². The van der Waals surface area contributed by atoms with Gasteiger partial charge in [-0.05, 0) is 49.6 Å². The molecule has 0 saturated carbocycles. The first kappa shape index (κ1) is 23.5. The van der Waals surface area contributed by atoms with Gasteiger partial charge in [0, 0.05) is 17.7 Å². The Kier molecular flexibility index (Phi) is 7.67. The third-order valence-electron chi connectivity index (χ3n) is 5.65. The molecule has 3 rings (SSSR count). The standard InChI is InChI=1S/C26H30FNO4/c1-4-6-9-14-28-23(19-10-7-8-11-20(19)27)22(25(30)26(28)31)24(29)18-12-13-21(17(3)16-18)32-15-5-2/h7-8,10-13,16,23,29H,4-6,9,14-15H2,1-3H3/b24-22+. The summed E-state index contributed by atoms with van der Waals surface area (Å²) in [6, 6.07) is 10.2. The number of aryl methyl sites for hydroxylation is 1. The molecule has 1 amide bonds. The molecule has 2 aromatic carbocycles. The van der Waals surface area contributed by atoms with Crippen molar-refractivity contribution in [3.05, 3.63) is 70.5 Å². The van der Waals surface area contributed by atoms with Gasteiger partial charge in [0.05, 0.1) is 18.2 Å². The van der Waals surface area contributed by atoms with Gasteiger partial charge in [-0.25, -0.2) is 4.39 Å². The van der Waals surface area contributed by atoms with E-state index in [9.17, 15) is 19.1 Å². The number of Topliss-reactive ketones (excluding diaryl/α,β-unsaturated/α-hetero) is 1. The van der Waals surface area contributed by atoms with Crippen LogP contribution in [0.3, 0.4) is 0 Å². The summed E-state index contributed by atoms with van der Waals surface area (Å²) in [5.74, 6) is -1.65. The minimum absolute atomic E-state index is 0.0850. The molecule has 1 atom stereocenters. The first-order valence-corrected chi connectivity index (χ1v) is 11.2. The van der Waals surface area contributed by atoms with E-state index in [0.717, 1.165) is 24.8 Å². The highest BCUT2D eigenvalue weighted by atomic mass is 19.1. The number of benzene rings is 2. The highest BCUT2D eigenvalue weighted by Crippen LogP contribution is 2.40. The number of carbonyl (C=O) groups is 2. The summed E-state index contributed by atoms with van der Waals surface area (Å²) in [7, 11) is 0. The van der Waals surface area contributed by atoms with Gasteiger partial charge in [-0.3, -0.25) is 9.59 Å². The summed E-state index contributed by atoms with van der Waals surface area (Å²) in [5, 5.41) is 11.1. The molecule has 0 bridgehead atoms. The molecule has 1 saturated heterocycles. The van der Waals surface area contributed by atoms with Crippen LogP contribution in [0.4, 0.5) is 4.39 Å². The summed E-state index contributed by atoms with van der Waals surface area (Å²) in [6.45, 7) is 6.79. The van der Waals surface area contributed by atoms with E-state index in [4.69, 9.17) is 4.74 Å². The van der Waals surface area contributed by atoms with E-state index in [-0.39, 0.29) is 16.9 Å². The van der Waals surface area contributed by atoms with Gasteiger partial charge in [-0.15, -0.1) is 0 Å². The molecule has 32 heavy (non-hydrogen) atoms.